The summed E-state index contributed by atoms with van der Waals surface area (Å²) in [6.07, 6.45) is 1.03. The first kappa shape index (κ1) is 27.7. The van der Waals surface area contributed by atoms with Crippen LogP contribution in [0.15, 0.2) is 84.9 Å². The maximum absolute atomic E-state index is 9.10. The molecule has 8 nitrogen and oxygen atoms in total. The molecule has 0 amide bonds. The molecule has 0 saturated carbocycles. The molecule has 0 spiro atoms. The largest absolute Gasteiger partial charge is 0.497 e. The Labute approximate surface area is 217 Å². The van der Waals surface area contributed by atoms with E-state index in [-0.39, 0.29) is 0 Å². The van der Waals surface area contributed by atoms with E-state index in [0.717, 1.165) is 57.3 Å². The molecule has 196 valence electrons. The molecule has 4 rings (SSSR count). The minimum atomic E-state index is -1.82. The monoisotopic (exact) mass is 506 g/mol. The highest BCUT2D eigenvalue weighted by Crippen LogP contribution is 2.29. The lowest BCUT2D eigenvalue weighted by molar-refractivity contribution is -0.159. The highest BCUT2D eigenvalue weighted by Gasteiger charge is 2.26. The van der Waals surface area contributed by atoms with Gasteiger partial charge in [0.25, 0.3) is 0 Å². The Morgan fingerprint density at radius 2 is 1.24 bits per heavy atom. The number of ether oxygens (including phenoxy) is 2. The summed E-state index contributed by atoms with van der Waals surface area (Å²) in [5, 5.41) is 14.8. The quantitative estimate of drug-likeness (QED) is 0.332. The van der Waals surface area contributed by atoms with Crippen LogP contribution in [0.1, 0.15) is 23.6 Å². The van der Waals surface area contributed by atoms with Crippen molar-refractivity contribution in [2.24, 2.45) is 0 Å². The molecule has 1 heterocycles. The molecule has 3 aromatic rings. The molecule has 0 aromatic heterocycles. The Morgan fingerprint density at radius 3 is 1.70 bits per heavy atom. The van der Waals surface area contributed by atoms with Crippen molar-refractivity contribution >= 4 is 11.9 Å². The number of aliphatic carboxylic acids is 2. The van der Waals surface area contributed by atoms with Crippen LogP contribution in [0.4, 0.5) is 0 Å². The second-order valence-corrected chi connectivity index (χ2v) is 8.59. The lowest BCUT2D eigenvalue weighted by Gasteiger charge is -2.39. The van der Waals surface area contributed by atoms with Crippen molar-refractivity contribution in [1.82, 2.24) is 9.80 Å². The highest BCUT2D eigenvalue weighted by molar-refractivity contribution is 6.27. The smallest absolute Gasteiger partial charge is 0.414 e. The summed E-state index contributed by atoms with van der Waals surface area (Å²) in [7, 11) is 1.68. The zero-order valence-electron chi connectivity index (χ0n) is 21.0. The van der Waals surface area contributed by atoms with Crippen LogP contribution in [0.5, 0.6) is 11.5 Å². The van der Waals surface area contributed by atoms with Crippen molar-refractivity contribution < 1.29 is 29.3 Å². The SMILES string of the molecule is COc1ccc(OCCCN2CCN(C(c3ccccc3)c3ccccc3)CC2)cc1.O=C(O)C(=O)O. The number of carboxylic acid groups (broad SMARTS) is 2. The number of carbonyl (C=O) groups is 2. The fourth-order valence-corrected chi connectivity index (χ4v) is 4.28. The molecule has 0 unspecified atom stereocenters. The third kappa shape index (κ3) is 8.93. The van der Waals surface area contributed by atoms with Gasteiger partial charge >= 0.3 is 11.9 Å². The molecule has 1 saturated heterocycles. The van der Waals surface area contributed by atoms with E-state index in [0.29, 0.717) is 6.04 Å². The van der Waals surface area contributed by atoms with Crippen LogP contribution >= 0.6 is 0 Å². The number of hydrogen-bond acceptors (Lipinski definition) is 6. The van der Waals surface area contributed by atoms with Crippen LogP contribution in [0.2, 0.25) is 0 Å². The average Bonchev–Trinajstić information content (AvgIpc) is 2.94. The molecule has 0 aliphatic carbocycles. The molecule has 1 fully saturated rings. The topological polar surface area (TPSA) is 99.5 Å². The van der Waals surface area contributed by atoms with E-state index in [1.807, 2.05) is 24.3 Å². The predicted molar refractivity (Wildman–Crippen MR) is 141 cm³/mol. The van der Waals surface area contributed by atoms with Gasteiger partial charge in [0.05, 0.1) is 19.8 Å². The van der Waals surface area contributed by atoms with Gasteiger partial charge < -0.3 is 24.6 Å². The van der Waals surface area contributed by atoms with Crippen molar-refractivity contribution in [3.05, 3.63) is 96.1 Å². The summed E-state index contributed by atoms with van der Waals surface area (Å²) in [4.78, 5) is 23.4. The summed E-state index contributed by atoms with van der Waals surface area (Å²) < 4.78 is 11.1. The molecule has 3 aromatic carbocycles. The van der Waals surface area contributed by atoms with Gasteiger partial charge in [-0.3, -0.25) is 4.90 Å². The Hall–Kier alpha value is -3.88. The summed E-state index contributed by atoms with van der Waals surface area (Å²) in [5.41, 5.74) is 2.74. The highest BCUT2D eigenvalue weighted by atomic mass is 16.5. The number of piperazine rings is 1. The lowest BCUT2D eigenvalue weighted by atomic mass is 9.96. The van der Waals surface area contributed by atoms with Crippen LogP contribution < -0.4 is 9.47 Å². The first-order valence-electron chi connectivity index (χ1n) is 12.3. The first-order chi connectivity index (χ1) is 18.0. The van der Waals surface area contributed by atoms with Crippen LogP contribution in [0.3, 0.4) is 0 Å². The number of benzene rings is 3. The van der Waals surface area contributed by atoms with E-state index in [2.05, 4.69) is 70.5 Å². The number of carboxylic acids is 2. The Balaban J connectivity index is 0.000000568. The average molecular weight is 507 g/mol. The van der Waals surface area contributed by atoms with Gasteiger partial charge in [0, 0.05) is 32.7 Å². The maximum atomic E-state index is 9.10. The molecule has 0 atom stereocenters. The van der Waals surface area contributed by atoms with E-state index in [9.17, 15) is 0 Å². The molecule has 1 aliphatic heterocycles. The van der Waals surface area contributed by atoms with Gasteiger partial charge in [-0.25, -0.2) is 9.59 Å². The number of hydrogen-bond donors (Lipinski definition) is 2. The minimum Gasteiger partial charge on any atom is -0.497 e. The van der Waals surface area contributed by atoms with Gasteiger partial charge in [-0.05, 0) is 41.8 Å². The van der Waals surface area contributed by atoms with E-state index in [1.54, 1.807) is 7.11 Å². The lowest BCUT2D eigenvalue weighted by Crippen LogP contribution is -2.48. The van der Waals surface area contributed by atoms with Crippen molar-refractivity contribution in [2.75, 3.05) is 46.4 Å². The molecular weight excluding hydrogens is 472 g/mol. The second kappa shape index (κ2) is 14.6. The van der Waals surface area contributed by atoms with Gasteiger partial charge in [-0.15, -0.1) is 0 Å². The van der Waals surface area contributed by atoms with Gasteiger partial charge in [-0.2, -0.15) is 0 Å². The van der Waals surface area contributed by atoms with Crippen LogP contribution in [-0.2, 0) is 9.59 Å². The third-order valence-electron chi connectivity index (χ3n) is 6.13. The Morgan fingerprint density at radius 1 is 0.757 bits per heavy atom. The maximum Gasteiger partial charge on any atom is 0.414 e. The summed E-state index contributed by atoms with van der Waals surface area (Å²) >= 11 is 0. The van der Waals surface area contributed by atoms with Gasteiger partial charge in [0.2, 0.25) is 0 Å². The van der Waals surface area contributed by atoms with Crippen molar-refractivity contribution in [3.63, 3.8) is 0 Å². The van der Waals surface area contributed by atoms with Crippen LogP contribution in [-0.4, -0.2) is 78.4 Å². The van der Waals surface area contributed by atoms with E-state index in [4.69, 9.17) is 29.3 Å². The predicted octanol–water partition coefficient (Wildman–Crippen LogP) is 4.03. The van der Waals surface area contributed by atoms with Crippen molar-refractivity contribution in [3.8, 4) is 11.5 Å². The molecule has 2 N–H and O–H groups in total. The number of rotatable bonds is 9. The normalized spacial score (nSPS) is 13.9. The van der Waals surface area contributed by atoms with Crippen molar-refractivity contribution in [1.29, 1.82) is 0 Å². The molecule has 1 aliphatic rings. The second-order valence-electron chi connectivity index (χ2n) is 8.59. The van der Waals surface area contributed by atoms with E-state index in [1.165, 1.54) is 11.1 Å². The first-order valence-corrected chi connectivity index (χ1v) is 12.3. The molecule has 8 heteroatoms. The Bertz CT molecular complexity index is 1030. The molecule has 0 bridgehead atoms. The molecule has 37 heavy (non-hydrogen) atoms. The standard InChI is InChI=1S/C27H32N2O2.C2H2O4/c1-30-25-13-15-26(16-14-25)31-22-8-17-28-18-20-29(21-19-28)27(23-9-4-2-5-10-23)24-11-6-3-7-12-24;3-1(4)2(5)6/h2-7,9-16,27H,8,17-22H2,1H3;(H,3,4)(H,5,6). The summed E-state index contributed by atoms with van der Waals surface area (Å²) in [6, 6.07) is 29.9. The zero-order valence-corrected chi connectivity index (χ0v) is 21.0. The summed E-state index contributed by atoms with van der Waals surface area (Å²) in [6.45, 7) is 6.16. The fourth-order valence-electron chi connectivity index (χ4n) is 4.28. The van der Waals surface area contributed by atoms with E-state index >= 15 is 0 Å². The van der Waals surface area contributed by atoms with Gasteiger partial charge in [-0.1, -0.05) is 60.7 Å². The van der Waals surface area contributed by atoms with E-state index < -0.39 is 11.9 Å². The van der Waals surface area contributed by atoms with Crippen LogP contribution in [0.25, 0.3) is 0 Å². The molecular formula is C29H34N2O6. The molecule has 0 radical (unpaired) electrons. The summed E-state index contributed by atoms with van der Waals surface area (Å²) in [5.74, 6) is -1.89. The minimum absolute atomic E-state index is 0.322. The number of nitrogens with zero attached hydrogens (tertiary/aromatic N) is 2. The Kier molecular flexibility index (Phi) is 10.9. The van der Waals surface area contributed by atoms with Crippen LogP contribution in [0, 0.1) is 0 Å². The zero-order chi connectivity index (χ0) is 26.5. The van der Waals surface area contributed by atoms with Gasteiger partial charge in [0.15, 0.2) is 0 Å². The van der Waals surface area contributed by atoms with Gasteiger partial charge in [0.1, 0.15) is 11.5 Å². The number of methoxy groups -OCH3 is 1. The fraction of sp³-hybridized carbons (Fsp3) is 0.310. The van der Waals surface area contributed by atoms with Crippen molar-refractivity contribution in [2.45, 2.75) is 12.5 Å². The third-order valence-corrected chi connectivity index (χ3v) is 6.13.